The van der Waals surface area contributed by atoms with Crippen molar-refractivity contribution in [3.8, 4) is 0 Å². The third-order valence-electron chi connectivity index (χ3n) is 4.51. The lowest BCUT2D eigenvalue weighted by Gasteiger charge is -2.15. The molecular formula is C22H28N2O2. The average molecular weight is 352 g/mol. The highest BCUT2D eigenvalue weighted by molar-refractivity contribution is 6.05. The van der Waals surface area contributed by atoms with Crippen LogP contribution in [-0.4, -0.2) is 18.4 Å². The summed E-state index contributed by atoms with van der Waals surface area (Å²) in [6, 6.07) is 16.1. The van der Waals surface area contributed by atoms with E-state index in [9.17, 15) is 9.59 Å². The summed E-state index contributed by atoms with van der Waals surface area (Å²) in [4.78, 5) is 24.7. The fraction of sp³-hybridized carbons (Fsp3) is 0.364. The average Bonchev–Trinajstić information content (AvgIpc) is 2.68. The lowest BCUT2D eigenvalue weighted by Crippen LogP contribution is -2.29. The molecule has 0 aliphatic carbocycles. The molecule has 0 heterocycles. The quantitative estimate of drug-likeness (QED) is 0.675. The van der Waals surface area contributed by atoms with Gasteiger partial charge in [0, 0.05) is 23.4 Å². The van der Waals surface area contributed by atoms with Crippen LogP contribution < -0.4 is 10.6 Å². The lowest BCUT2D eigenvalue weighted by molar-refractivity contribution is 0.0944. The first kappa shape index (κ1) is 19.7. The first-order valence-corrected chi connectivity index (χ1v) is 9.38. The summed E-state index contributed by atoms with van der Waals surface area (Å²) >= 11 is 0. The van der Waals surface area contributed by atoms with E-state index in [4.69, 9.17) is 0 Å². The van der Waals surface area contributed by atoms with Crippen LogP contribution in [0, 0.1) is 5.92 Å². The van der Waals surface area contributed by atoms with Gasteiger partial charge in [-0.25, -0.2) is 0 Å². The number of unbranched alkanes of at least 4 members (excludes halogenated alkanes) is 1. The van der Waals surface area contributed by atoms with Crippen molar-refractivity contribution in [2.24, 2.45) is 5.92 Å². The minimum atomic E-state index is -0.186. The van der Waals surface area contributed by atoms with Gasteiger partial charge in [-0.3, -0.25) is 9.59 Å². The third-order valence-corrected chi connectivity index (χ3v) is 4.51. The van der Waals surface area contributed by atoms with E-state index in [1.165, 1.54) is 12.8 Å². The molecule has 0 radical (unpaired) electrons. The van der Waals surface area contributed by atoms with E-state index in [2.05, 4.69) is 24.5 Å². The molecule has 0 aliphatic rings. The minimum Gasteiger partial charge on any atom is -0.352 e. The fourth-order valence-corrected chi connectivity index (χ4v) is 2.81. The van der Waals surface area contributed by atoms with Gasteiger partial charge >= 0.3 is 0 Å². The van der Waals surface area contributed by atoms with Crippen molar-refractivity contribution in [3.63, 3.8) is 0 Å². The summed E-state index contributed by atoms with van der Waals surface area (Å²) < 4.78 is 0. The van der Waals surface area contributed by atoms with E-state index in [1.54, 1.807) is 36.4 Å². The number of anilines is 1. The lowest BCUT2D eigenvalue weighted by atomic mass is 9.99. The van der Waals surface area contributed by atoms with Gasteiger partial charge in [0.05, 0.1) is 0 Å². The second kappa shape index (κ2) is 10.4. The maximum Gasteiger partial charge on any atom is 0.255 e. The van der Waals surface area contributed by atoms with Crippen molar-refractivity contribution < 1.29 is 9.59 Å². The Morgan fingerprint density at radius 3 is 2.35 bits per heavy atom. The van der Waals surface area contributed by atoms with Gasteiger partial charge in [0.25, 0.3) is 11.8 Å². The molecule has 2 aromatic carbocycles. The molecule has 4 heteroatoms. The smallest absolute Gasteiger partial charge is 0.255 e. The van der Waals surface area contributed by atoms with Crippen molar-refractivity contribution in [2.45, 2.75) is 39.5 Å². The zero-order valence-electron chi connectivity index (χ0n) is 15.6. The topological polar surface area (TPSA) is 58.2 Å². The van der Waals surface area contributed by atoms with Crippen LogP contribution in [0.25, 0.3) is 0 Å². The molecule has 138 valence electrons. The predicted molar refractivity (Wildman–Crippen MR) is 106 cm³/mol. The van der Waals surface area contributed by atoms with Crippen molar-refractivity contribution in [2.75, 3.05) is 11.9 Å². The second-order valence-corrected chi connectivity index (χ2v) is 6.53. The summed E-state index contributed by atoms with van der Waals surface area (Å²) in [6.45, 7) is 5.03. The Bertz CT molecular complexity index is 713. The predicted octanol–water partition coefficient (Wildman–Crippen LogP) is 4.89. The maximum atomic E-state index is 12.4. The van der Waals surface area contributed by atoms with Crippen LogP contribution >= 0.6 is 0 Å². The van der Waals surface area contributed by atoms with Crippen molar-refractivity contribution in [3.05, 3.63) is 65.7 Å². The highest BCUT2D eigenvalue weighted by Gasteiger charge is 2.11. The van der Waals surface area contributed by atoms with Gasteiger partial charge in [0.15, 0.2) is 0 Å². The van der Waals surface area contributed by atoms with E-state index >= 15 is 0 Å². The van der Waals surface area contributed by atoms with Crippen LogP contribution in [0.2, 0.25) is 0 Å². The first-order valence-electron chi connectivity index (χ1n) is 9.38. The van der Waals surface area contributed by atoms with E-state index < -0.39 is 0 Å². The molecule has 2 rings (SSSR count). The maximum absolute atomic E-state index is 12.4. The van der Waals surface area contributed by atoms with Gasteiger partial charge in [-0.15, -0.1) is 0 Å². The molecule has 2 N–H and O–H groups in total. The van der Waals surface area contributed by atoms with Crippen LogP contribution in [0.15, 0.2) is 54.6 Å². The molecule has 1 unspecified atom stereocenters. The number of rotatable bonds is 9. The Balaban J connectivity index is 1.95. The summed E-state index contributed by atoms with van der Waals surface area (Å²) in [5.74, 6) is 0.226. The standard InChI is InChI=1S/C22H28N2O2/c1-3-5-10-17(4-2)16-23-21(25)19-13-9-14-20(15-19)24-22(26)18-11-7-6-8-12-18/h6-9,11-15,17H,3-5,10,16H2,1-2H3,(H,23,25)(H,24,26). The molecule has 26 heavy (non-hydrogen) atoms. The Morgan fingerprint density at radius 2 is 1.65 bits per heavy atom. The molecule has 2 amide bonds. The van der Waals surface area contributed by atoms with Gasteiger partial charge in [0.1, 0.15) is 0 Å². The largest absolute Gasteiger partial charge is 0.352 e. The summed E-state index contributed by atoms with van der Waals surface area (Å²) in [7, 11) is 0. The number of carbonyl (C=O) groups excluding carboxylic acids is 2. The summed E-state index contributed by atoms with van der Waals surface area (Å²) in [5.41, 5.74) is 1.76. The second-order valence-electron chi connectivity index (χ2n) is 6.53. The van der Waals surface area contributed by atoms with Gasteiger partial charge in [-0.05, 0) is 42.7 Å². The molecule has 0 saturated carbocycles. The number of amides is 2. The molecule has 0 saturated heterocycles. The van der Waals surface area contributed by atoms with Crippen LogP contribution in [0.3, 0.4) is 0 Å². The molecule has 1 atom stereocenters. The number of hydrogen-bond donors (Lipinski definition) is 2. The molecule has 0 spiro atoms. The highest BCUT2D eigenvalue weighted by atomic mass is 16.2. The minimum absolute atomic E-state index is 0.101. The van der Waals surface area contributed by atoms with Crippen molar-refractivity contribution >= 4 is 17.5 Å². The normalized spacial score (nSPS) is 11.6. The van der Waals surface area contributed by atoms with Gasteiger partial charge in [-0.1, -0.05) is 57.4 Å². The van der Waals surface area contributed by atoms with E-state index in [-0.39, 0.29) is 11.8 Å². The first-order chi connectivity index (χ1) is 12.6. The SMILES string of the molecule is CCCCC(CC)CNC(=O)c1cccc(NC(=O)c2ccccc2)c1. The Labute approximate surface area is 156 Å². The highest BCUT2D eigenvalue weighted by Crippen LogP contribution is 2.14. The molecule has 0 bridgehead atoms. The number of carbonyl (C=O) groups is 2. The van der Waals surface area contributed by atoms with E-state index in [0.29, 0.717) is 29.3 Å². The van der Waals surface area contributed by atoms with Gasteiger partial charge in [-0.2, -0.15) is 0 Å². The molecule has 2 aromatic rings. The van der Waals surface area contributed by atoms with Crippen molar-refractivity contribution in [1.82, 2.24) is 5.32 Å². The van der Waals surface area contributed by atoms with Crippen LogP contribution in [0.1, 0.15) is 60.2 Å². The Morgan fingerprint density at radius 1 is 0.923 bits per heavy atom. The summed E-state index contributed by atoms with van der Waals surface area (Å²) in [6.07, 6.45) is 4.57. The van der Waals surface area contributed by atoms with Gasteiger partial charge < -0.3 is 10.6 Å². The zero-order valence-corrected chi connectivity index (χ0v) is 15.6. The van der Waals surface area contributed by atoms with E-state index in [0.717, 1.165) is 12.8 Å². The molecule has 4 nitrogen and oxygen atoms in total. The van der Waals surface area contributed by atoms with Crippen LogP contribution in [-0.2, 0) is 0 Å². The molecule has 0 aliphatic heterocycles. The third kappa shape index (κ3) is 6.03. The zero-order chi connectivity index (χ0) is 18.8. The number of hydrogen-bond acceptors (Lipinski definition) is 2. The fourth-order valence-electron chi connectivity index (χ4n) is 2.81. The number of nitrogens with one attached hydrogen (secondary N) is 2. The molecule has 0 aromatic heterocycles. The Kier molecular flexibility index (Phi) is 7.87. The van der Waals surface area contributed by atoms with Crippen LogP contribution in [0.5, 0.6) is 0 Å². The molecular weight excluding hydrogens is 324 g/mol. The summed E-state index contributed by atoms with van der Waals surface area (Å²) in [5, 5.41) is 5.86. The Hall–Kier alpha value is -2.62. The number of benzene rings is 2. The van der Waals surface area contributed by atoms with Crippen LogP contribution in [0.4, 0.5) is 5.69 Å². The monoisotopic (exact) mass is 352 g/mol. The molecule has 0 fully saturated rings. The van der Waals surface area contributed by atoms with E-state index in [1.807, 2.05) is 18.2 Å². The van der Waals surface area contributed by atoms with Gasteiger partial charge in [0.2, 0.25) is 0 Å². The van der Waals surface area contributed by atoms with Crippen molar-refractivity contribution in [1.29, 1.82) is 0 Å².